The van der Waals surface area contributed by atoms with Gasteiger partial charge in [0.1, 0.15) is 5.60 Å². The summed E-state index contributed by atoms with van der Waals surface area (Å²) in [5, 5.41) is 3.76. The summed E-state index contributed by atoms with van der Waals surface area (Å²) < 4.78 is 10.1. The van der Waals surface area contributed by atoms with Crippen LogP contribution in [0.4, 0.5) is 4.79 Å². The van der Waals surface area contributed by atoms with Crippen LogP contribution >= 0.6 is 0 Å². The molecule has 0 saturated carbocycles. The molecule has 0 radical (unpaired) electrons. The van der Waals surface area contributed by atoms with Gasteiger partial charge in [-0.15, -0.1) is 0 Å². The molecule has 0 saturated heterocycles. The van der Waals surface area contributed by atoms with E-state index in [2.05, 4.69) is 22.1 Å². The molecule has 1 amide bonds. The van der Waals surface area contributed by atoms with Crippen molar-refractivity contribution in [3.8, 4) is 11.8 Å². The maximum atomic E-state index is 12.1. The van der Waals surface area contributed by atoms with Crippen LogP contribution < -0.4 is 5.32 Å². The number of carbonyl (C=O) groups is 2. The lowest BCUT2D eigenvalue weighted by molar-refractivity contribution is -0.136. The van der Waals surface area contributed by atoms with E-state index in [0.717, 1.165) is 16.5 Å². The summed E-state index contributed by atoms with van der Waals surface area (Å²) in [7, 11) is 0. The quantitative estimate of drug-likeness (QED) is 0.501. The number of alkyl carbamates (subject to hydrolysis) is 1. The molecule has 138 valence electrons. The second-order valence-electron chi connectivity index (χ2n) is 6.75. The van der Waals surface area contributed by atoms with Gasteiger partial charge in [0, 0.05) is 29.4 Å². The number of aromatic nitrogens is 1. The Morgan fingerprint density at radius 2 is 2.00 bits per heavy atom. The van der Waals surface area contributed by atoms with Gasteiger partial charge in [0.2, 0.25) is 0 Å². The number of esters is 1. The first-order valence-electron chi connectivity index (χ1n) is 8.51. The molecule has 1 aromatic carbocycles. The third-order valence-electron chi connectivity index (χ3n) is 3.41. The number of nitrogens with one attached hydrogen (secondary N) is 2. The van der Waals surface area contributed by atoms with Gasteiger partial charge in [-0.1, -0.05) is 24.1 Å². The Balaban J connectivity index is 2.19. The number of H-pyrrole nitrogens is 1. The van der Waals surface area contributed by atoms with E-state index in [1.165, 1.54) is 0 Å². The number of benzene rings is 1. The fraction of sp³-hybridized carbons (Fsp3) is 0.400. The van der Waals surface area contributed by atoms with Crippen molar-refractivity contribution in [2.24, 2.45) is 0 Å². The van der Waals surface area contributed by atoms with E-state index < -0.39 is 23.7 Å². The summed E-state index contributed by atoms with van der Waals surface area (Å²) >= 11 is 0. The van der Waals surface area contributed by atoms with E-state index in [9.17, 15) is 9.59 Å². The monoisotopic (exact) mass is 356 g/mol. The normalized spacial score (nSPS) is 12.0. The molecule has 0 aliphatic carbocycles. The van der Waals surface area contributed by atoms with Gasteiger partial charge in [-0.2, -0.15) is 0 Å². The Kier molecular flexibility index (Phi) is 6.29. The van der Waals surface area contributed by atoms with Crippen LogP contribution in [-0.2, 0) is 20.7 Å². The average Bonchev–Trinajstić information content (AvgIpc) is 2.94. The number of amides is 1. The van der Waals surface area contributed by atoms with Gasteiger partial charge in [-0.05, 0) is 39.3 Å². The van der Waals surface area contributed by atoms with Crippen LogP contribution in [0.15, 0.2) is 30.5 Å². The third kappa shape index (κ3) is 5.85. The molecule has 0 aliphatic heterocycles. The molecule has 1 atom stereocenters. The molecular formula is C20H24N2O4. The van der Waals surface area contributed by atoms with Gasteiger partial charge in [0.15, 0.2) is 0 Å². The molecule has 0 unspecified atom stereocenters. The van der Waals surface area contributed by atoms with Gasteiger partial charge < -0.3 is 19.8 Å². The number of fused-ring (bicyclic) bond motifs is 1. The van der Waals surface area contributed by atoms with E-state index in [4.69, 9.17) is 9.47 Å². The molecule has 1 heterocycles. The fourth-order valence-electron chi connectivity index (χ4n) is 2.42. The second-order valence-corrected chi connectivity index (χ2v) is 6.75. The van der Waals surface area contributed by atoms with Crippen molar-refractivity contribution in [1.29, 1.82) is 0 Å². The Hall–Kier alpha value is -2.94. The molecule has 2 aromatic rings. The predicted octanol–water partition coefficient (Wildman–Crippen LogP) is 3.17. The van der Waals surface area contributed by atoms with Crippen LogP contribution in [0.5, 0.6) is 0 Å². The minimum atomic E-state index is -0.623. The largest absolute Gasteiger partial charge is 0.456 e. The maximum absolute atomic E-state index is 12.1. The predicted molar refractivity (Wildman–Crippen MR) is 99.6 cm³/mol. The summed E-state index contributed by atoms with van der Waals surface area (Å²) in [5.41, 5.74) is 1.36. The first-order valence-corrected chi connectivity index (χ1v) is 8.51. The Bertz CT molecular complexity index is 837. The number of carbonyl (C=O) groups excluding carboxylic acids is 2. The third-order valence-corrected chi connectivity index (χ3v) is 3.41. The standard InChI is InChI=1S/C20H24N2O4/c1-5-25-18(23)11-10-15(22-19(24)26-20(2,3)4)12-14-13-21-17-9-7-6-8-16(14)17/h6-9,13,15,21H,5,12H2,1-4H3,(H,22,24)/t15-/m1/s1. The summed E-state index contributed by atoms with van der Waals surface area (Å²) in [6, 6.07) is 7.26. The van der Waals surface area contributed by atoms with Gasteiger partial charge in [-0.25, -0.2) is 9.59 Å². The minimum absolute atomic E-state index is 0.250. The highest BCUT2D eigenvalue weighted by Crippen LogP contribution is 2.19. The summed E-state index contributed by atoms with van der Waals surface area (Å²) in [5.74, 6) is 4.57. The number of ether oxygens (including phenoxy) is 2. The molecule has 2 N–H and O–H groups in total. The number of rotatable bonds is 4. The topological polar surface area (TPSA) is 80.4 Å². The molecule has 26 heavy (non-hydrogen) atoms. The van der Waals surface area contributed by atoms with Crippen molar-refractivity contribution < 1.29 is 19.1 Å². The summed E-state index contributed by atoms with van der Waals surface area (Å²) in [4.78, 5) is 26.8. The lowest BCUT2D eigenvalue weighted by Gasteiger charge is -2.21. The Morgan fingerprint density at radius 3 is 2.69 bits per heavy atom. The van der Waals surface area contributed by atoms with E-state index in [1.807, 2.05) is 30.5 Å². The number of aromatic amines is 1. The number of hydrogen-bond donors (Lipinski definition) is 2. The smallest absolute Gasteiger partial charge is 0.408 e. The molecule has 0 aliphatic rings. The second kappa shape index (κ2) is 8.43. The lowest BCUT2D eigenvalue weighted by Crippen LogP contribution is -2.39. The van der Waals surface area contributed by atoms with Crippen LogP contribution in [0.25, 0.3) is 10.9 Å². The molecule has 2 rings (SSSR count). The van der Waals surface area contributed by atoms with Crippen molar-refractivity contribution in [3.05, 3.63) is 36.0 Å². The van der Waals surface area contributed by atoms with Crippen molar-refractivity contribution in [2.45, 2.75) is 45.8 Å². The number of para-hydroxylation sites is 1. The van der Waals surface area contributed by atoms with Gasteiger partial charge in [-0.3, -0.25) is 0 Å². The zero-order valence-corrected chi connectivity index (χ0v) is 15.5. The van der Waals surface area contributed by atoms with Crippen LogP contribution in [0.1, 0.15) is 33.3 Å². The first kappa shape index (κ1) is 19.4. The van der Waals surface area contributed by atoms with Crippen molar-refractivity contribution in [2.75, 3.05) is 6.61 Å². The zero-order valence-electron chi connectivity index (χ0n) is 15.5. The Labute approximate surface area is 153 Å². The van der Waals surface area contributed by atoms with Crippen molar-refractivity contribution >= 4 is 23.0 Å². The highest BCUT2D eigenvalue weighted by molar-refractivity contribution is 5.88. The highest BCUT2D eigenvalue weighted by Gasteiger charge is 2.19. The van der Waals surface area contributed by atoms with E-state index >= 15 is 0 Å². The lowest BCUT2D eigenvalue weighted by atomic mass is 10.1. The SMILES string of the molecule is CCOC(=O)C#C[C@H](Cc1c[nH]c2ccccc12)NC(=O)OC(C)(C)C. The van der Waals surface area contributed by atoms with E-state index in [0.29, 0.717) is 6.42 Å². The Morgan fingerprint density at radius 1 is 1.27 bits per heavy atom. The molecule has 6 nitrogen and oxygen atoms in total. The summed E-state index contributed by atoms with van der Waals surface area (Å²) in [6.45, 7) is 7.31. The van der Waals surface area contributed by atoms with Crippen molar-refractivity contribution in [3.63, 3.8) is 0 Å². The zero-order chi connectivity index (χ0) is 19.2. The highest BCUT2D eigenvalue weighted by atomic mass is 16.6. The van der Waals surface area contributed by atoms with Crippen LogP contribution in [-0.4, -0.2) is 35.3 Å². The number of hydrogen-bond acceptors (Lipinski definition) is 4. The van der Waals surface area contributed by atoms with Gasteiger partial charge in [0.05, 0.1) is 12.6 Å². The first-order chi connectivity index (χ1) is 12.3. The fourth-order valence-corrected chi connectivity index (χ4v) is 2.42. The van der Waals surface area contributed by atoms with E-state index in [-0.39, 0.29) is 6.61 Å². The molecule has 0 spiro atoms. The van der Waals surface area contributed by atoms with Crippen LogP contribution in [0, 0.1) is 11.8 Å². The maximum Gasteiger partial charge on any atom is 0.408 e. The van der Waals surface area contributed by atoms with Gasteiger partial charge >= 0.3 is 12.1 Å². The molecule has 0 bridgehead atoms. The van der Waals surface area contributed by atoms with Crippen LogP contribution in [0.3, 0.4) is 0 Å². The molecule has 0 fully saturated rings. The molecular weight excluding hydrogens is 332 g/mol. The summed E-state index contributed by atoms with van der Waals surface area (Å²) in [6.07, 6.45) is 1.72. The molecule has 1 aromatic heterocycles. The van der Waals surface area contributed by atoms with Gasteiger partial charge in [0.25, 0.3) is 0 Å². The molecule has 6 heteroatoms. The van der Waals surface area contributed by atoms with Crippen LogP contribution in [0.2, 0.25) is 0 Å². The average molecular weight is 356 g/mol. The van der Waals surface area contributed by atoms with Crippen molar-refractivity contribution in [1.82, 2.24) is 10.3 Å². The minimum Gasteiger partial charge on any atom is -0.456 e. The van der Waals surface area contributed by atoms with E-state index in [1.54, 1.807) is 27.7 Å².